The highest BCUT2D eigenvalue weighted by molar-refractivity contribution is 5.89. The number of carbonyl (C=O) groups is 1. The van der Waals surface area contributed by atoms with E-state index in [9.17, 15) is 4.79 Å². The van der Waals surface area contributed by atoms with Gasteiger partial charge >= 0.3 is 6.03 Å². The van der Waals surface area contributed by atoms with E-state index in [1.54, 1.807) is 25.2 Å². The number of urea groups is 1. The molecule has 5 nitrogen and oxygen atoms in total. The lowest BCUT2D eigenvalue weighted by Crippen LogP contribution is -2.27. The fourth-order valence-electron chi connectivity index (χ4n) is 1.07. The van der Waals surface area contributed by atoms with Gasteiger partial charge in [-0.1, -0.05) is 12.0 Å². The van der Waals surface area contributed by atoms with Gasteiger partial charge in [0.2, 0.25) is 0 Å². The van der Waals surface area contributed by atoms with Gasteiger partial charge in [0.05, 0.1) is 6.20 Å². The number of nitrogens with one attached hydrogen (secondary N) is 2. The van der Waals surface area contributed by atoms with Crippen LogP contribution >= 0.6 is 0 Å². The van der Waals surface area contributed by atoms with Crippen molar-refractivity contribution in [3.8, 4) is 11.8 Å². The van der Waals surface area contributed by atoms with E-state index in [1.165, 1.54) is 18.6 Å². The number of amides is 2. The van der Waals surface area contributed by atoms with Crippen LogP contribution in [-0.4, -0.2) is 16.0 Å². The molecule has 2 amide bonds. The van der Waals surface area contributed by atoms with E-state index in [0.29, 0.717) is 11.5 Å². The Balaban J connectivity index is 2.55. The first-order valence-electron chi connectivity index (χ1n) is 5.35. The van der Waals surface area contributed by atoms with Crippen molar-refractivity contribution in [1.82, 2.24) is 15.3 Å². The van der Waals surface area contributed by atoms with Gasteiger partial charge in [0, 0.05) is 18.1 Å². The smallest absolute Gasteiger partial charge is 0.308 e. The molecule has 0 aliphatic heterocycles. The monoisotopic (exact) mass is 242 g/mol. The highest BCUT2D eigenvalue weighted by Gasteiger charge is 2.02. The number of allylic oxidation sites excluding steroid dienone is 3. The molecule has 0 radical (unpaired) electrons. The lowest BCUT2D eigenvalue weighted by molar-refractivity contribution is 0.254. The zero-order valence-electron chi connectivity index (χ0n) is 10.3. The van der Waals surface area contributed by atoms with Gasteiger partial charge in [-0.2, -0.15) is 0 Å². The van der Waals surface area contributed by atoms with Crippen LogP contribution in [0.1, 0.15) is 13.8 Å². The SMILES string of the molecule is CC#C/C=C\C(=C/C)NC(=O)Nc1cnccn1. The quantitative estimate of drug-likeness (QED) is 0.630. The molecule has 1 heterocycles. The molecular formula is C13H14N4O. The van der Waals surface area contributed by atoms with Crippen LogP contribution in [0.3, 0.4) is 0 Å². The molecule has 0 fully saturated rings. The summed E-state index contributed by atoms with van der Waals surface area (Å²) >= 11 is 0. The van der Waals surface area contributed by atoms with Crippen LogP contribution in [0.15, 0.2) is 42.5 Å². The maximum atomic E-state index is 11.6. The summed E-state index contributed by atoms with van der Waals surface area (Å²) in [6.45, 7) is 3.57. The minimum absolute atomic E-state index is 0.377. The molecule has 0 saturated carbocycles. The number of rotatable bonds is 3. The Morgan fingerprint density at radius 3 is 2.89 bits per heavy atom. The topological polar surface area (TPSA) is 66.9 Å². The van der Waals surface area contributed by atoms with Crippen LogP contribution in [-0.2, 0) is 0 Å². The number of hydrogen-bond acceptors (Lipinski definition) is 3. The Morgan fingerprint density at radius 1 is 1.44 bits per heavy atom. The zero-order chi connectivity index (χ0) is 13.2. The van der Waals surface area contributed by atoms with E-state index in [2.05, 4.69) is 32.4 Å². The Morgan fingerprint density at radius 2 is 2.28 bits per heavy atom. The first-order chi connectivity index (χ1) is 8.76. The minimum atomic E-state index is -0.377. The largest absolute Gasteiger partial charge is 0.324 e. The number of aromatic nitrogens is 2. The molecule has 2 N–H and O–H groups in total. The summed E-state index contributed by atoms with van der Waals surface area (Å²) in [5, 5.41) is 5.23. The van der Waals surface area contributed by atoms with Crippen LogP contribution in [0.4, 0.5) is 10.6 Å². The Bertz CT molecular complexity index is 509. The summed E-state index contributed by atoms with van der Waals surface area (Å²) in [6.07, 6.45) is 9.65. The van der Waals surface area contributed by atoms with Crippen molar-refractivity contribution in [2.45, 2.75) is 13.8 Å². The van der Waals surface area contributed by atoms with Gasteiger partial charge in [0.15, 0.2) is 5.82 Å². The van der Waals surface area contributed by atoms with Crippen molar-refractivity contribution >= 4 is 11.8 Å². The molecule has 0 bridgehead atoms. The summed E-state index contributed by atoms with van der Waals surface area (Å²) in [6, 6.07) is -0.377. The molecule has 1 aromatic rings. The van der Waals surface area contributed by atoms with Crippen LogP contribution in [0.25, 0.3) is 0 Å². The predicted molar refractivity (Wildman–Crippen MR) is 70.5 cm³/mol. The molecule has 0 aromatic carbocycles. The first-order valence-corrected chi connectivity index (χ1v) is 5.35. The van der Waals surface area contributed by atoms with E-state index in [-0.39, 0.29) is 6.03 Å². The molecule has 0 aliphatic rings. The van der Waals surface area contributed by atoms with Gasteiger partial charge in [-0.05, 0) is 26.0 Å². The van der Waals surface area contributed by atoms with Crippen molar-refractivity contribution in [3.63, 3.8) is 0 Å². The number of anilines is 1. The van der Waals surface area contributed by atoms with Crippen LogP contribution in [0.2, 0.25) is 0 Å². The van der Waals surface area contributed by atoms with E-state index < -0.39 is 0 Å². The van der Waals surface area contributed by atoms with E-state index in [1.807, 2.05) is 6.92 Å². The lowest BCUT2D eigenvalue weighted by atomic mass is 10.3. The molecular weight excluding hydrogens is 228 g/mol. The molecule has 0 atom stereocenters. The van der Waals surface area contributed by atoms with E-state index >= 15 is 0 Å². The predicted octanol–water partition coefficient (Wildman–Crippen LogP) is 2.08. The van der Waals surface area contributed by atoms with E-state index in [0.717, 1.165) is 0 Å². The van der Waals surface area contributed by atoms with Gasteiger partial charge < -0.3 is 5.32 Å². The van der Waals surface area contributed by atoms with Gasteiger partial charge in [0.25, 0.3) is 0 Å². The third kappa shape index (κ3) is 4.94. The molecule has 0 aliphatic carbocycles. The van der Waals surface area contributed by atoms with Crippen LogP contribution in [0, 0.1) is 11.8 Å². The summed E-state index contributed by atoms with van der Waals surface area (Å²) in [5.74, 6) is 5.89. The van der Waals surface area contributed by atoms with Gasteiger partial charge in [-0.15, -0.1) is 5.92 Å². The second kappa shape index (κ2) is 7.63. The second-order valence-electron chi connectivity index (χ2n) is 3.14. The number of nitrogens with zero attached hydrogens (tertiary/aromatic N) is 2. The molecule has 92 valence electrons. The summed E-state index contributed by atoms with van der Waals surface area (Å²) in [7, 11) is 0. The maximum absolute atomic E-state index is 11.6. The van der Waals surface area contributed by atoms with Gasteiger partial charge in [-0.3, -0.25) is 10.3 Å². The van der Waals surface area contributed by atoms with Gasteiger partial charge in [-0.25, -0.2) is 9.78 Å². The van der Waals surface area contributed by atoms with Crippen LogP contribution < -0.4 is 10.6 Å². The Hall–Kier alpha value is -2.61. The minimum Gasteiger partial charge on any atom is -0.308 e. The van der Waals surface area contributed by atoms with Crippen molar-refractivity contribution in [2.75, 3.05) is 5.32 Å². The normalized spacial score (nSPS) is 10.7. The standard InChI is InChI=1S/C13H14N4O/c1-3-5-6-7-11(4-2)16-13(18)17-12-10-14-8-9-15-12/h4,6-10H,1-2H3,(H2,15,16,17,18)/b7-6-,11-4+. The fraction of sp³-hybridized carbons (Fsp3) is 0.154. The molecule has 0 spiro atoms. The van der Waals surface area contributed by atoms with Crippen molar-refractivity contribution < 1.29 is 4.79 Å². The Labute approximate surface area is 106 Å². The zero-order valence-corrected chi connectivity index (χ0v) is 10.3. The lowest BCUT2D eigenvalue weighted by Gasteiger charge is -2.06. The first kappa shape index (κ1) is 13.5. The number of carbonyl (C=O) groups excluding carboxylic acids is 1. The molecule has 18 heavy (non-hydrogen) atoms. The van der Waals surface area contributed by atoms with Crippen molar-refractivity contribution in [2.24, 2.45) is 0 Å². The van der Waals surface area contributed by atoms with Gasteiger partial charge in [0.1, 0.15) is 0 Å². The average molecular weight is 242 g/mol. The molecule has 1 rings (SSSR count). The Kier molecular flexibility index (Phi) is 5.70. The van der Waals surface area contributed by atoms with Crippen LogP contribution in [0.5, 0.6) is 0 Å². The third-order valence-electron chi connectivity index (χ3n) is 1.86. The second-order valence-corrected chi connectivity index (χ2v) is 3.14. The van der Waals surface area contributed by atoms with E-state index in [4.69, 9.17) is 0 Å². The highest BCUT2D eigenvalue weighted by atomic mass is 16.2. The van der Waals surface area contributed by atoms with Crippen molar-refractivity contribution in [3.05, 3.63) is 42.5 Å². The molecule has 0 saturated heterocycles. The fourth-order valence-corrected chi connectivity index (χ4v) is 1.07. The maximum Gasteiger partial charge on any atom is 0.324 e. The third-order valence-corrected chi connectivity index (χ3v) is 1.86. The summed E-state index contributed by atoms with van der Waals surface area (Å²) in [5.41, 5.74) is 0.652. The molecule has 5 heteroatoms. The molecule has 1 aromatic heterocycles. The van der Waals surface area contributed by atoms with Crippen molar-refractivity contribution in [1.29, 1.82) is 0 Å². The molecule has 0 unspecified atom stereocenters. The summed E-state index contributed by atoms with van der Waals surface area (Å²) in [4.78, 5) is 19.4. The number of hydrogen-bond donors (Lipinski definition) is 2. The average Bonchev–Trinajstić information content (AvgIpc) is 2.39. The highest BCUT2D eigenvalue weighted by Crippen LogP contribution is 1.98. The summed E-state index contributed by atoms with van der Waals surface area (Å²) < 4.78 is 0.